The van der Waals surface area contributed by atoms with Crippen molar-refractivity contribution in [3.05, 3.63) is 89.5 Å². The molecule has 0 saturated heterocycles. The summed E-state index contributed by atoms with van der Waals surface area (Å²) in [6.45, 7) is 4.50. The number of amides is 6. The largest absolute Gasteiger partial charge is 0.341 e. The summed E-state index contributed by atoms with van der Waals surface area (Å²) in [6, 6.07) is 15.5. The van der Waals surface area contributed by atoms with Crippen LogP contribution in [0.3, 0.4) is 0 Å². The van der Waals surface area contributed by atoms with Crippen LogP contribution in [0.5, 0.6) is 0 Å². The van der Waals surface area contributed by atoms with Crippen molar-refractivity contribution < 1.29 is 28.8 Å². The topological polar surface area (TPSA) is 175 Å². The van der Waals surface area contributed by atoms with Crippen LogP contribution in [0.25, 0.3) is 0 Å². The van der Waals surface area contributed by atoms with Crippen LogP contribution < -0.4 is 31.9 Å². The first-order valence-corrected chi connectivity index (χ1v) is 13.2. The molecule has 0 spiro atoms. The molecule has 6 bridgehead atoms. The summed E-state index contributed by atoms with van der Waals surface area (Å²) in [5, 5.41) is 15.8. The molecule has 0 saturated carbocycles. The van der Waals surface area contributed by atoms with E-state index in [0.717, 1.165) is 0 Å². The van der Waals surface area contributed by atoms with Crippen LogP contribution in [0.2, 0.25) is 0 Å². The summed E-state index contributed by atoms with van der Waals surface area (Å²) in [5.41, 5.74) is 1.54. The van der Waals surface area contributed by atoms with Crippen LogP contribution in [-0.2, 0) is 14.4 Å². The smallest absolute Gasteiger partial charge is 0.251 e. The molecule has 1 aliphatic heterocycles. The summed E-state index contributed by atoms with van der Waals surface area (Å²) in [6.07, 6.45) is 0. The lowest BCUT2D eigenvalue weighted by Crippen LogP contribution is -2.42. The highest BCUT2D eigenvalue weighted by Gasteiger charge is 2.22. The molecule has 0 radical (unpaired) electrons. The number of rotatable bonds is 0. The number of benzene rings is 3. The predicted octanol–water partition coefficient (Wildman–Crippen LogP) is 2.27. The Labute approximate surface area is 241 Å². The zero-order chi connectivity index (χ0) is 30.4. The molecule has 3 aromatic carbocycles. The summed E-state index contributed by atoms with van der Waals surface area (Å²) < 4.78 is 0. The highest BCUT2D eigenvalue weighted by molar-refractivity contribution is 6.05. The van der Waals surface area contributed by atoms with Gasteiger partial charge in [0, 0.05) is 33.8 Å². The van der Waals surface area contributed by atoms with Gasteiger partial charge in [0.1, 0.15) is 18.1 Å². The Bertz CT molecular complexity index is 1390. The van der Waals surface area contributed by atoms with Gasteiger partial charge in [0.05, 0.1) is 0 Å². The van der Waals surface area contributed by atoms with E-state index in [1.54, 1.807) is 36.4 Å². The molecule has 1 heterocycles. The Morgan fingerprint density at radius 1 is 0.429 bits per heavy atom. The van der Waals surface area contributed by atoms with E-state index in [0.29, 0.717) is 17.1 Å². The van der Waals surface area contributed by atoms with Crippen LogP contribution in [-0.4, -0.2) is 53.6 Å². The van der Waals surface area contributed by atoms with Crippen LogP contribution in [0.4, 0.5) is 17.1 Å². The standard InChI is InChI=1S/C30H30N6O6/c1-16-25(37)34-22-10-5-8-20(14-22)29(41)32-18(3)27(39)36-24-12-6-9-21(15-24)30(42)33-17(2)26(38)35-23-11-4-7-19(13-23)28(40)31-16/h4-18H,1-3H3,(H,31,40)(H,32,41)(H,33,42)(H,34,37)(H,35,38)(H,36,39)/t16-,17-,18-/m0/s1. The van der Waals surface area contributed by atoms with Gasteiger partial charge in [-0.15, -0.1) is 0 Å². The maximum atomic E-state index is 12.8. The van der Waals surface area contributed by atoms with Crippen LogP contribution in [0, 0.1) is 0 Å². The second-order valence-electron chi connectivity index (χ2n) is 9.80. The number of carbonyl (C=O) groups is 6. The van der Waals surface area contributed by atoms with E-state index in [9.17, 15) is 28.8 Å². The van der Waals surface area contributed by atoms with Gasteiger partial charge < -0.3 is 31.9 Å². The zero-order valence-electron chi connectivity index (χ0n) is 23.1. The summed E-state index contributed by atoms with van der Waals surface area (Å²) in [5.74, 6) is -3.24. The number of fused-ring (bicyclic) bond motifs is 6. The van der Waals surface area contributed by atoms with E-state index in [2.05, 4.69) is 31.9 Å². The number of hydrogen-bond acceptors (Lipinski definition) is 6. The minimum absolute atomic E-state index is 0.199. The molecule has 12 heteroatoms. The van der Waals surface area contributed by atoms with Crippen molar-refractivity contribution >= 4 is 52.5 Å². The molecular formula is C30H30N6O6. The minimum atomic E-state index is -0.949. The number of carbonyl (C=O) groups excluding carboxylic acids is 6. The maximum Gasteiger partial charge on any atom is 0.251 e. The van der Waals surface area contributed by atoms with Crippen LogP contribution in [0.15, 0.2) is 72.8 Å². The fourth-order valence-electron chi connectivity index (χ4n) is 4.00. The Morgan fingerprint density at radius 3 is 0.952 bits per heavy atom. The molecular weight excluding hydrogens is 540 g/mol. The second-order valence-corrected chi connectivity index (χ2v) is 9.80. The second kappa shape index (κ2) is 12.8. The first-order chi connectivity index (χ1) is 20.0. The Hall–Kier alpha value is -5.52. The Morgan fingerprint density at radius 2 is 0.690 bits per heavy atom. The van der Waals surface area contributed by atoms with Crippen molar-refractivity contribution in [1.29, 1.82) is 0 Å². The molecule has 0 unspecified atom stereocenters. The highest BCUT2D eigenvalue weighted by atomic mass is 16.2. The monoisotopic (exact) mass is 570 g/mol. The van der Waals surface area contributed by atoms with Gasteiger partial charge in [0.15, 0.2) is 0 Å². The average molecular weight is 571 g/mol. The normalized spacial score (nSPS) is 20.5. The number of hydrogen-bond donors (Lipinski definition) is 6. The average Bonchev–Trinajstić information content (AvgIpc) is 2.96. The van der Waals surface area contributed by atoms with E-state index in [4.69, 9.17) is 0 Å². The van der Waals surface area contributed by atoms with Crippen molar-refractivity contribution in [3.63, 3.8) is 0 Å². The van der Waals surface area contributed by atoms with Crippen molar-refractivity contribution in [2.75, 3.05) is 16.0 Å². The molecule has 0 fully saturated rings. The van der Waals surface area contributed by atoms with Gasteiger partial charge >= 0.3 is 0 Å². The predicted molar refractivity (Wildman–Crippen MR) is 156 cm³/mol. The SMILES string of the molecule is C[C@@H]1NC(=O)c2cccc(c2)NC(=O)[C@H](C)NC(=O)c2cccc(c2)NC(=O)[C@H](C)NC(=O)c2cccc(c2)NC1=O. The van der Waals surface area contributed by atoms with E-state index in [1.165, 1.54) is 57.2 Å². The first-order valence-electron chi connectivity index (χ1n) is 13.2. The third-order valence-corrected chi connectivity index (χ3v) is 6.40. The summed E-state index contributed by atoms with van der Waals surface area (Å²) >= 11 is 0. The third kappa shape index (κ3) is 7.36. The van der Waals surface area contributed by atoms with Crippen molar-refractivity contribution in [3.8, 4) is 0 Å². The van der Waals surface area contributed by atoms with E-state index in [-0.39, 0.29) is 16.7 Å². The molecule has 6 amide bonds. The fraction of sp³-hybridized carbons (Fsp3) is 0.200. The van der Waals surface area contributed by atoms with Gasteiger partial charge in [-0.25, -0.2) is 0 Å². The molecule has 4 rings (SSSR count). The molecule has 216 valence electrons. The van der Waals surface area contributed by atoms with Crippen LogP contribution >= 0.6 is 0 Å². The van der Waals surface area contributed by atoms with Gasteiger partial charge in [-0.2, -0.15) is 0 Å². The van der Waals surface area contributed by atoms with Crippen molar-refractivity contribution in [1.82, 2.24) is 16.0 Å². The minimum Gasteiger partial charge on any atom is -0.341 e. The summed E-state index contributed by atoms with van der Waals surface area (Å²) in [7, 11) is 0. The van der Waals surface area contributed by atoms with Crippen molar-refractivity contribution in [2.24, 2.45) is 0 Å². The molecule has 0 aromatic heterocycles. The lowest BCUT2D eigenvalue weighted by molar-refractivity contribution is -0.118. The van der Waals surface area contributed by atoms with Gasteiger partial charge in [-0.1, -0.05) is 18.2 Å². The van der Waals surface area contributed by atoms with Gasteiger partial charge in [-0.3, -0.25) is 28.8 Å². The van der Waals surface area contributed by atoms with E-state index >= 15 is 0 Å². The molecule has 42 heavy (non-hydrogen) atoms. The van der Waals surface area contributed by atoms with Gasteiger partial charge in [0.2, 0.25) is 17.7 Å². The van der Waals surface area contributed by atoms with E-state index < -0.39 is 53.6 Å². The maximum absolute atomic E-state index is 12.8. The fourth-order valence-corrected chi connectivity index (χ4v) is 4.00. The van der Waals surface area contributed by atoms with E-state index in [1.807, 2.05) is 0 Å². The molecule has 0 aliphatic carbocycles. The summed E-state index contributed by atoms with van der Waals surface area (Å²) in [4.78, 5) is 76.9. The third-order valence-electron chi connectivity index (χ3n) is 6.40. The molecule has 3 aromatic rings. The number of anilines is 3. The quantitative estimate of drug-likeness (QED) is 0.242. The Balaban J connectivity index is 1.62. The first kappa shape index (κ1) is 29.5. The van der Waals surface area contributed by atoms with Crippen molar-refractivity contribution in [2.45, 2.75) is 38.9 Å². The van der Waals surface area contributed by atoms with Gasteiger partial charge in [-0.05, 0) is 75.4 Å². The van der Waals surface area contributed by atoms with Gasteiger partial charge in [0.25, 0.3) is 17.7 Å². The molecule has 1 aliphatic rings. The number of nitrogens with one attached hydrogen (secondary N) is 6. The molecule has 6 N–H and O–H groups in total. The molecule has 3 atom stereocenters. The lowest BCUT2D eigenvalue weighted by Gasteiger charge is -2.17. The Kier molecular flexibility index (Phi) is 8.96. The zero-order valence-corrected chi connectivity index (χ0v) is 23.1. The molecule has 12 nitrogen and oxygen atoms in total. The lowest BCUT2D eigenvalue weighted by atomic mass is 10.1. The van der Waals surface area contributed by atoms with Crippen LogP contribution in [0.1, 0.15) is 51.8 Å². The highest BCUT2D eigenvalue weighted by Crippen LogP contribution is 2.15.